The number of hydrogen-bond acceptors (Lipinski definition) is 4. The molecule has 1 heterocycles. The van der Waals surface area contributed by atoms with Crippen molar-refractivity contribution in [3.63, 3.8) is 0 Å². The van der Waals surface area contributed by atoms with Crippen LogP contribution < -0.4 is 11.5 Å². The van der Waals surface area contributed by atoms with Gasteiger partial charge in [0.25, 0.3) is 0 Å². The number of nitrogens with zero attached hydrogens (tertiary/aromatic N) is 1. The normalized spacial score (nSPS) is 11.5. The van der Waals surface area contributed by atoms with Crippen LogP contribution in [0, 0.1) is 5.92 Å². The summed E-state index contributed by atoms with van der Waals surface area (Å²) in [5.74, 6) is 0.255. The first-order chi connectivity index (χ1) is 9.08. The van der Waals surface area contributed by atoms with Crippen LogP contribution in [0.15, 0.2) is 27.4 Å². The van der Waals surface area contributed by atoms with E-state index in [2.05, 4.69) is 13.8 Å². The summed E-state index contributed by atoms with van der Waals surface area (Å²) < 4.78 is 12.2. The van der Waals surface area contributed by atoms with Gasteiger partial charge in [0.05, 0.1) is 18.7 Å². The number of rotatable bonds is 6. The van der Waals surface area contributed by atoms with E-state index in [4.69, 9.17) is 14.9 Å². The van der Waals surface area contributed by atoms with Gasteiger partial charge in [0, 0.05) is 12.3 Å². The van der Waals surface area contributed by atoms with Gasteiger partial charge in [-0.25, -0.2) is 4.79 Å². The molecule has 0 unspecified atom stereocenters. The summed E-state index contributed by atoms with van der Waals surface area (Å²) in [6.07, 6.45) is 1.02. The number of anilines is 1. The lowest BCUT2D eigenvalue weighted by molar-refractivity contribution is 0.115. The van der Waals surface area contributed by atoms with Gasteiger partial charge in [-0.05, 0) is 30.5 Å². The Morgan fingerprint density at radius 1 is 1.37 bits per heavy atom. The lowest BCUT2D eigenvalue weighted by Crippen LogP contribution is -2.18. The van der Waals surface area contributed by atoms with Crippen LogP contribution >= 0.6 is 0 Å². The molecule has 104 valence electrons. The Balaban J connectivity index is 2.02. The standard InChI is InChI=1S/C14H20N2O3/c1-10(2)5-7-18-8-6-16-12-9-11(15)3-4-13(12)19-14(16)17/h3-4,9-10H,5-8,15H2,1-2H3. The van der Waals surface area contributed by atoms with Crippen LogP contribution in [-0.2, 0) is 11.3 Å². The second-order valence-corrected chi connectivity index (χ2v) is 5.04. The second kappa shape index (κ2) is 5.93. The second-order valence-electron chi connectivity index (χ2n) is 5.04. The average Bonchev–Trinajstić information content (AvgIpc) is 2.65. The van der Waals surface area contributed by atoms with Gasteiger partial charge >= 0.3 is 5.76 Å². The van der Waals surface area contributed by atoms with E-state index in [0.717, 1.165) is 11.9 Å². The molecule has 0 radical (unpaired) electrons. The molecule has 0 aliphatic heterocycles. The number of ether oxygens (including phenoxy) is 1. The quantitative estimate of drug-likeness (QED) is 0.641. The summed E-state index contributed by atoms with van der Waals surface area (Å²) in [5.41, 5.74) is 7.61. The Hall–Kier alpha value is -1.75. The molecule has 2 aromatic rings. The zero-order valence-electron chi connectivity index (χ0n) is 11.4. The number of benzene rings is 1. The van der Waals surface area contributed by atoms with Crippen molar-refractivity contribution in [2.45, 2.75) is 26.8 Å². The van der Waals surface area contributed by atoms with Gasteiger partial charge in [-0.1, -0.05) is 13.8 Å². The molecule has 0 aliphatic carbocycles. The number of oxazole rings is 1. The van der Waals surface area contributed by atoms with E-state index >= 15 is 0 Å². The minimum absolute atomic E-state index is 0.368. The first-order valence-corrected chi connectivity index (χ1v) is 6.54. The van der Waals surface area contributed by atoms with Gasteiger partial charge in [0.15, 0.2) is 5.58 Å². The van der Waals surface area contributed by atoms with E-state index in [1.807, 2.05) is 0 Å². The van der Waals surface area contributed by atoms with E-state index in [1.165, 1.54) is 0 Å². The van der Waals surface area contributed by atoms with Crippen molar-refractivity contribution in [3.8, 4) is 0 Å². The highest BCUT2D eigenvalue weighted by Gasteiger charge is 2.09. The van der Waals surface area contributed by atoms with E-state index in [0.29, 0.717) is 36.9 Å². The van der Waals surface area contributed by atoms with E-state index in [9.17, 15) is 4.79 Å². The van der Waals surface area contributed by atoms with Crippen molar-refractivity contribution in [2.75, 3.05) is 18.9 Å². The molecule has 19 heavy (non-hydrogen) atoms. The van der Waals surface area contributed by atoms with Crippen molar-refractivity contribution < 1.29 is 9.15 Å². The smallest absolute Gasteiger partial charge is 0.408 e. The number of nitrogen functional groups attached to an aromatic ring is 1. The minimum atomic E-state index is -0.368. The predicted molar refractivity (Wildman–Crippen MR) is 75.2 cm³/mol. The van der Waals surface area contributed by atoms with Crippen LogP contribution in [0.2, 0.25) is 0 Å². The summed E-state index contributed by atoms with van der Waals surface area (Å²) in [7, 11) is 0. The first-order valence-electron chi connectivity index (χ1n) is 6.54. The Morgan fingerprint density at radius 3 is 2.89 bits per heavy atom. The lowest BCUT2D eigenvalue weighted by atomic mass is 10.1. The summed E-state index contributed by atoms with van der Waals surface area (Å²) in [6, 6.07) is 5.17. The van der Waals surface area contributed by atoms with Crippen molar-refractivity contribution in [1.82, 2.24) is 4.57 Å². The first kappa shape index (κ1) is 13.7. The molecule has 0 fully saturated rings. The van der Waals surface area contributed by atoms with Crippen molar-refractivity contribution in [1.29, 1.82) is 0 Å². The molecular weight excluding hydrogens is 244 g/mol. The Kier molecular flexibility index (Phi) is 4.27. The summed E-state index contributed by atoms with van der Waals surface area (Å²) >= 11 is 0. The van der Waals surface area contributed by atoms with Crippen molar-refractivity contribution >= 4 is 16.8 Å². The Bertz CT molecular complexity index is 598. The van der Waals surface area contributed by atoms with Crippen molar-refractivity contribution in [2.24, 2.45) is 5.92 Å². The monoisotopic (exact) mass is 264 g/mol. The molecule has 0 amide bonds. The third-order valence-corrected chi connectivity index (χ3v) is 2.99. The lowest BCUT2D eigenvalue weighted by Gasteiger charge is -2.06. The SMILES string of the molecule is CC(C)CCOCCn1c(=O)oc2ccc(N)cc21. The molecule has 5 heteroatoms. The topological polar surface area (TPSA) is 70.4 Å². The molecule has 0 aliphatic rings. The maximum Gasteiger partial charge on any atom is 0.420 e. The summed E-state index contributed by atoms with van der Waals surface area (Å²) in [4.78, 5) is 11.7. The highest BCUT2D eigenvalue weighted by atomic mass is 16.5. The number of nitrogens with two attached hydrogens (primary N) is 1. The van der Waals surface area contributed by atoms with Gasteiger partial charge < -0.3 is 14.9 Å². The highest BCUT2D eigenvalue weighted by molar-refractivity contribution is 5.76. The van der Waals surface area contributed by atoms with Crippen LogP contribution in [0.3, 0.4) is 0 Å². The largest absolute Gasteiger partial charge is 0.420 e. The third kappa shape index (κ3) is 3.38. The highest BCUT2D eigenvalue weighted by Crippen LogP contribution is 2.16. The molecule has 0 saturated heterocycles. The molecule has 0 bridgehead atoms. The van der Waals surface area contributed by atoms with E-state index in [1.54, 1.807) is 22.8 Å². The summed E-state index contributed by atoms with van der Waals surface area (Å²) in [6.45, 7) is 5.99. The van der Waals surface area contributed by atoms with Gasteiger partial charge in [-0.2, -0.15) is 0 Å². The predicted octanol–water partition coefficient (Wildman–Crippen LogP) is 2.24. The van der Waals surface area contributed by atoms with Gasteiger partial charge in [-0.15, -0.1) is 0 Å². The van der Waals surface area contributed by atoms with E-state index < -0.39 is 0 Å². The van der Waals surface area contributed by atoms with Crippen LogP contribution in [-0.4, -0.2) is 17.8 Å². The minimum Gasteiger partial charge on any atom is -0.408 e. The maximum atomic E-state index is 11.7. The van der Waals surface area contributed by atoms with Crippen LogP contribution in [0.5, 0.6) is 0 Å². The van der Waals surface area contributed by atoms with Crippen molar-refractivity contribution in [3.05, 3.63) is 28.7 Å². The maximum absolute atomic E-state index is 11.7. The molecule has 2 N–H and O–H groups in total. The Morgan fingerprint density at radius 2 is 2.16 bits per heavy atom. The average molecular weight is 264 g/mol. The molecule has 0 saturated carbocycles. The summed E-state index contributed by atoms with van der Waals surface area (Å²) in [5, 5.41) is 0. The molecule has 2 rings (SSSR count). The molecule has 1 aromatic carbocycles. The van der Waals surface area contributed by atoms with E-state index in [-0.39, 0.29) is 5.76 Å². The van der Waals surface area contributed by atoms with Crippen LogP contribution in [0.25, 0.3) is 11.1 Å². The third-order valence-electron chi connectivity index (χ3n) is 2.99. The molecule has 0 spiro atoms. The number of aromatic nitrogens is 1. The van der Waals surface area contributed by atoms with Crippen LogP contribution in [0.4, 0.5) is 5.69 Å². The molecule has 5 nitrogen and oxygen atoms in total. The zero-order chi connectivity index (χ0) is 13.8. The van der Waals surface area contributed by atoms with Crippen LogP contribution in [0.1, 0.15) is 20.3 Å². The fraction of sp³-hybridized carbons (Fsp3) is 0.500. The van der Waals surface area contributed by atoms with Gasteiger partial charge in [-0.3, -0.25) is 4.57 Å². The fourth-order valence-electron chi connectivity index (χ4n) is 1.87. The molecule has 0 atom stereocenters. The van der Waals surface area contributed by atoms with Gasteiger partial charge in [0.2, 0.25) is 0 Å². The fourth-order valence-corrected chi connectivity index (χ4v) is 1.87. The zero-order valence-corrected chi connectivity index (χ0v) is 11.4. The number of hydrogen-bond donors (Lipinski definition) is 1. The Labute approximate surface area is 112 Å². The molecular formula is C14H20N2O3. The number of fused-ring (bicyclic) bond motifs is 1. The molecule has 1 aromatic heterocycles. The van der Waals surface area contributed by atoms with Gasteiger partial charge in [0.1, 0.15) is 0 Å².